The number of hydrogen-bond donors (Lipinski definition) is 0. The van der Waals surface area contributed by atoms with Crippen LogP contribution >= 0.6 is 0 Å². The molecule has 3 heteroatoms. The van der Waals surface area contributed by atoms with Crippen LogP contribution in [0.1, 0.15) is 38.1 Å². The number of ketones is 1. The van der Waals surface area contributed by atoms with Crippen LogP contribution < -0.4 is 4.74 Å². The summed E-state index contributed by atoms with van der Waals surface area (Å²) in [6, 6.07) is 3.41. The summed E-state index contributed by atoms with van der Waals surface area (Å²) in [7, 11) is 0. The standard InChI is InChI=1S/C12H17NO2/c1-5-15-10-8-9(6-7-13-10)11(14)12(2,3)4/h6-8H,5H2,1-4H3. The van der Waals surface area contributed by atoms with E-state index in [1.807, 2.05) is 27.7 Å². The molecule has 1 aromatic rings. The first kappa shape index (κ1) is 11.7. The highest BCUT2D eigenvalue weighted by molar-refractivity contribution is 5.99. The number of Topliss-reactive ketones (excluding diaryl/α,β-unsaturated/α-hetero) is 1. The van der Waals surface area contributed by atoms with Gasteiger partial charge >= 0.3 is 0 Å². The van der Waals surface area contributed by atoms with Crippen molar-refractivity contribution in [3.63, 3.8) is 0 Å². The van der Waals surface area contributed by atoms with E-state index in [9.17, 15) is 4.79 Å². The molecule has 0 spiro atoms. The Morgan fingerprint density at radius 1 is 1.47 bits per heavy atom. The van der Waals surface area contributed by atoms with E-state index in [4.69, 9.17) is 4.74 Å². The van der Waals surface area contributed by atoms with Gasteiger partial charge in [-0.1, -0.05) is 20.8 Å². The minimum atomic E-state index is -0.370. The molecule has 0 aliphatic heterocycles. The van der Waals surface area contributed by atoms with Crippen molar-refractivity contribution >= 4 is 5.78 Å². The smallest absolute Gasteiger partial charge is 0.213 e. The van der Waals surface area contributed by atoms with Gasteiger partial charge in [-0.3, -0.25) is 4.79 Å². The molecule has 0 saturated heterocycles. The second-order valence-electron chi connectivity index (χ2n) is 4.39. The molecular weight excluding hydrogens is 190 g/mol. The van der Waals surface area contributed by atoms with E-state index in [0.29, 0.717) is 18.1 Å². The molecule has 1 aromatic heterocycles. The molecular formula is C12H17NO2. The van der Waals surface area contributed by atoms with Gasteiger partial charge in [-0.25, -0.2) is 4.98 Å². The highest BCUT2D eigenvalue weighted by atomic mass is 16.5. The Bertz CT molecular complexity index is 353. The molecule has 0 aromatic carbocycles. The molecule has 82 valence electrons. The number of carbonyl (C=O) groups excluding carboxylic acids is 1. The van der Waals surface area contributed by atoms with E-state index in [-0.39, 0.29) is 11.2 Å². The van der Waals surface area contributed by atoms with E-state index < -0.39 is 0 Å². The summed E-state index contributed by atoms with van der Waals surface area (Å²) in [5.41, 5.74) is 0.283. The van der Waals surface area contributed by atoms with Crippen molar-refractivity contribution in [3.8, 4) is 5.88 Å². The van der Waals surface area contributed by atoms with Gasteiger partial charge in [0, 0.05) is 23.2 Å². The summed E-state index contributed by atoms with van der Waals surface area (Å²) in [6.07, 6.45) is 1.60. The second kappa shape index (κ2) is 4.43. The zero-order valence-corrected chi connectivity index (χ0v) is 9.70. The maximum absolute atomic E-state index is 11.9. The molecule has 0 saturated carbocycles. The highest BCUT2D eigenvalue weighted by Crippen LogP contribution is 2.22. The normalized spacial score (nSPS) is 11.2. The maximum Gasteiger partial charge on any atom is 0.213 e. The Labute approximate surface area is 90.5 Å². The van der Waals surface area contributed by atoms with Gasteiger partial charge in [0.25, 0.3) is 0 Å². The molecule has 0 atom stereocenters. The van der Waals surface area contributed by atoms with E-state index in [2.05, 4.69) is 4.98 Å². The number of carbonyl (C=O) groups is 1. The van der Waals surface area contributed by atoms with E-state index in [1.165, 1.54) is 0 Å². The van der Waals surface area contributed by atoms with Crippen LogP contribution in [0.4, 0.5) is 0 Å². The van der Waals surface area contributed by atoms with Gasteiger partial charge in [-0.15, -0.1) is 0 Å². The van der Waals surface area contributed by atoms with E-state index in [1.54, 1.807) is 18.3 Å². The molecule has 0 N–H and O–H groups in total. The van der Waals surface area contributed by atoms with Gasteiger partial charge in [0.2, 0.25) is 5.88 Å². The van der Waals surface area contributed by atoms with E-state index in [0.717, 1.165) is 0 Å². The summed E-state index contributed by atoms with van der Waals surface area (Å²) in [6.45, 7) is 8.14. The van der Waals surface area contributed by atoms with Crippen molar-refractivity contribution in [2.75, 3.05) is 6.61 Å². The molecule has 0 aliphatic carbocycles. The first-order valence-corrected chi connectivity index (χ1v) is 5.09. The molecule has 0 amide bonds. The summed E-state index contributed by atoms with van der Waals surface area (Å²) < 4.78 is 5.25. The lowest BCUT2D eigenvalue weighted by Gasteiger charge is -2.16. The number of nitrogens with zero attached hydrogens (tertiary/aromatic N) is 1. The van der Waals surface area contributed by atoms with Crippen molar-refractivity contribution in [2.24, 2.45) is 5.41 Å². The van der Waals surface area contributed by atoms with Gasteiger partial charge in [-0.2, -0.15) is 0 Å². The Morgan fingerprint density at radius 2 is 2.13 bits per heavy atom. The third-order valence-electron chi connectivity index (χ3n) is 1.97. The van der Waals surface area contributed by atoms with Crippen LogP contribution in [-0.2, 0) is 0 Å². The number of rotatable bonds is 3. The molecule has 0 bridgehead atoms. The molecule has 15 heavy (non-hydrogen) atoms. The monoisotopic (exact) mass is 207 g/mol. The van der Waals surface area contributed by atoms with Crippen LogP contribution in [0, 0.1) is 5.41 Å². The van der Waals surface area contributed by atoms with Crippen molar-refractivity contribution in [1.82, 2.24) is 4.98 Å². The molecule has 3 nitrogen and oxygen atoms in total. The van der Waals surface area contributed by atoms with Gasteiger partial charge in [0.05, 0.1) is 6.61 Å². The fraction of sp³-hybridized carbons (Fsp3) is 0.500. The molecule has 0 radical (unpaired) electrons. The summed E-state index contributed by atoms with van der Waals surface area (Å²) in [4.78, 5) is 16.0. The minimum Gasteiger partial charge on any atom is -0.478 e. The SMILES string of the molecule is CCOc1cc(C(=O)C(C)(C)C)ccn1. The zero-order valence-electron chi connectivity index (χ0n) is 9.70. The van der Waals surface area contributed by atoms with Crippen LogP contribution in [0.2, 0.25) is 0 Å². The van der Waals surface area contributed by atoms with Crippen molar-refractivity contribution in [1.29, 1.82) is 0 Å². The molecule has 1 heterocycles. The Balaban J connectivity index is 2.95. The zero-order chi connectivity index (χ0) is 11.5. The lowest BCUT2D eigenvalue weighted by atomic mass is 9.87. The van der Waals surface area contributed by atoms with Crippen molar-refractivity contribution in [2.45, 2.75) is 27.7 Å². The molecule has 0 unspecified atom stereocenters. The third kappa shape index (κ3) is 3.05. The van der Waals surface area contributed by atoms with Crippen LogP contribution in [-0.4, -0.2) is 17.4 Å². The average Bonchev–Trinajstić information content (AvgIpc) is 2.16. The third-order valence-corrected chi connectivity index (χ3v) is 1.97. The second-order valence-corrected chi connectivity index (χ2v) is 4.39. The molecule has 0 aliphatic rings. The van der Waals surface area contributed by atoms with Crippen LogP contribution in [0.25, 0.3) is 0 Å². The molecule has 0 fully saturated rings. The number of ether oxygens (including phenoxy) is 1. The number of hydrogen-bond acceptors (Lipinski definition) is 3. The van der Waals surface area contributed by atoms with Gasteiger partial charge in [-0.05, 0) is 13.0 Å². The lowest BCUT2D eigenvalue weighted by Crippen LogP contribution is -2.20. The fourth-order valence-electron chi connectivity index (χ4n) is 1.21. The Kier molecular flexibility index (Phi) is 3.45. The van der Waals surface area contributed by atoms with Gasteiger partial charge in [0.15, 0.2) is 5.78 Å². The highest BCUT2D eigenvalue weighted by Gasteiger charge is 2.23. The maximum atomic E-state index is 11.9. The van der Waals surface area contributed by atoms with Gasteiger partial charge < -0.3 is 4.74 Å². The average molecular weight is 207 g/mol. The Morgan fingerprint density at radius 3 is 2.67 bits per heavy atom. The van der Waals surface area contributed by atoms with Crippen LogP contribution in [0.15, 0.2) is 18.3 Å². The van der Waals surface area contributed by atoms with Crippen molar-refractivity contribution < 1.29 is 9.53 Å². The predicted molar refractivity (Wildman–Crippen MR) is 59.2 cm³/mol. The summed E-state index contributed by atoms with van der Waals surface area (Å²) >= 11 is 0. The Hall–Kier alpha value is -1.38. The van der Waals surface area contributed by atoms with Gasteiger partial charge in [0.1, 0.15) is 0 Å². The molecule has 1 rings (SSSR count). The minimum absolute atomic E-state index is 0.103. The lowest BCUT2D eigenvalue weighted by molar-refractivity contribution is 0.0857. The van der Waals surface area contributed by atoms with E-state index >= 15 is 0 Å². The van der Waals surface area contributed by atoms with Crippen LogP contribution in [0.5, 0.6) is 5.88 Å². The summed E-state index contributed by atoms with van der Waals surface area (Å²) in [5, 5.41) is 0. The number of pyridine rings is 1. The quantitative estimate of drug-likeness (QED) is 0.715. The predicted octanol–water partition coefficient (Wildman–Crippen LogP) is 2.71. The fourth-order valence-corrected chi connectivity index (χ4v) is 1.21. The van der Waals surface area contributed by atoms with Crippen molar-refractivity contribution in [3.05, 3.63) is 23.9 Å². The first-order chi connectivity index (χ1) is 6.95. The van der Waals surface area contributed by atoms with Crippen LogP contribution in [0.3, 0.4) is 0 Å². The largest absolute Gasteiger partial charge is 0.478 e. The topological polar surface area (TPSA) is 39.2 Å². The first-order valence-electron chi connectivity index (χ1n) is 5.09. The summed E-state index contributed by atoms with van der Waals surface area (Å²) in [5.74, 6) is 0.610. The number of aromatic nitrogens is 1.